The zero-order chi connectivity index (χ0) is 13.8. The van der Waals surface area contributed by atoms with E-state index in [1.165, 1.54) is 61.5 Å². The van der Waals surface area contributed by atoms with Crippen molar-refractivity contribution >= 4 is 23.5 Å². The van der Waals surface area contributed by atoms with Crippen molar-refractivity contribution in [1.29, 1.82) is 0 Å². The molecule has 2 nitrogen and oxygen atoms in total. The first-order valence-corrected chi connectivity index (χ1v) is 10.6. The van der Waals surface area contributed by atoms with Crippen LogP contribution in [0.5, 0.6) is 0 Å². The van der Waals surface area contributed by atoms with Gasteiger partial charge in [0.15, 0.2) is 0 Å². The van der Waals surface area contributed by atoms with Crippen LogP contribution < -0.4 is 5.32 Å². The second kappa shape index (κ2) is 7.26. The SMILES string of the molecule is CNC(CC1CCSCC1)C1CCOC2(CCSC2)C1. The molecule has 3 unspecified atom stereocenters. The van der Waals surface area contributed by atoms with Crippen LogP contribution in [0.25, 0.3) is 0 Å². The summed E-state index contributed by atoms with van der Waals surface area (Å²) < 4.78 is 6.19. The highest BCUT2D eigenvalue weighted by Crippen LogP contribution is 2.42. The Morgan fingerprint density at radius 3 is 2.75 bits per heavy atom. The summed E-state index contributed by atoms with van der Waals surface area (Å²) in [5, 5.41) is 3.66. The Bertz CT molecular complexity index is 301. The van der Waals surface area contributed by atoms with Crippen LogP contribution in [-0.2, 0) is 4.74 Å². The number of rotatable bonds is 4. The van der Waals surface area contributed by atoms with Crippen LogP contribution in [-0.4, -0.2) is 48.3 Å². The van der Waals surface area contributed by atoms with E-state index in [1.54, 1.807) is 0 Å². The fourth-order valence-electron chi connectivity index (χ4n) is 4.16. The molecule has 0 radical (unpaired) electrons. The summed E-state index contributed by atoms with van der Waals surface area (Å²) in [6.45, 7) is 0.990. The van der Waals surface area contributed by atoms with Crippen molar-refractivity contribution in [2.45, 2.75) is 50.2 Å². The average molecular weight is 316 g/mol. The van der Waals surface area contributed by atoms with Crippen molar-refractivity contribution in [2.75, 3.05) is 36.7 Å². The Balaban J connectivity index is 1.57. The van der Waals surface area contributed by atoms with E-state index < -0.39 is 0 Å². The maximum atomic E-state index is 6.19. The highest BCUT2D eigenvalue weighted by molar-refractivity contribution is 7.99. The Hall–Kier alpha value is 0.620. The maximum absolute atomic E-state index is 6.19. The second-order valence-corrected chi connectivity index (χ2v) is 9.10. The molecule has 0 aromatic heterocycles. The molecule has 20 heavy (non-hydrogen) atoms. The van der Waals surface area contributed by atoms with Crippen molar-refractivity contribution in [2.24, 2.45) is 11.8 Å². The van der Waals surface area contributed by atoms with Gasteiger partial charge in [-0.15, -0.1) is 0 Å². The lowest BCUT2D eigenvalue weighted by Gasteiger charge is -2.42. The molecule has 0 amide bonds. The van der Waals surface area contributed by atoms with Gasteiger partial charge >= 0.3 is 0 Å². The topological polar surface area (TPSA) is 21.3 Å². The summed E-state index contributed by atoms with van der Waals surface area (Å²) >= 11 is 4.23. The van der Waals surface area contributed by atoms with Crippen molar-refractivity contribution in [3.05, 3.63) is 0 Å². The number of hydrogen-bond acceptors (Lipinski definition) is 4. The fourth-order valence-corrected chi connectivity index (χ4v) is 6.74. The van der Waals surface area contributed by atoms with Crippen molar-refractivity contribution < 1.29 is 4.74 Å². The quantitative estimate of drug-likeness (QED) is 0.858. The molecular weight excluding hydrogens is 286 g/mol. The van der Waals surface area contributed by atoms with Gasteiger partial charge in [0.2, 0.25) is 0 Å². The Morgan fingerprint density at radius 1 is 1.20 bits per heavy atom. The van der Waals surface area contributed by atoms with Crippen LogP contribution in [0.1, 0.15) is 38.5 Å². The van der Waals surface area contributed by atoms with Crippen molar-refractivity contribution in [3.8, 4) is 0 Å². The monoisotopic (exact) mass is 315 g/mol. The minimum Gasteiger partial charge on any atom is -0.374 e. The minimum atomic E-state index is 0.241. The van der Waals surface area contributed by atoms with E-state index in [-0.39, 0.29) is 5.60 Å². The molecule has 0 saturated carbocycles. The molecule has 3 rings (SSSR count). The van der Waals surface area contributed by atoms with E-state index in [9.17, 15) is 0 Å². The molecule has 3 heterocycles. The van der Waals surface area contributed by atoms with E-state index in [2.05, 4.69) is 35.9 Å². The number of thioether (sulfide) groups is 2. The van der Waals surface area contributed by atoms with Crippen LogP contribution in [0.3, 0.4) is 0 Å². The highest BCUT2D eigenvalue weighted by atomic mass is 32.2. The smallest absolute Gasteiger partial charge is 0.0783 e. The first-order chi connectivity index (χ1) is 9.81. The predicted molar refractivity (Wildman–Crippen MR) is 90.9 cm³/mol. The van der Waals surface area contributed by atoms with Gasteiger partial charge in [-0.3, -0.25) is 0 Å². The third-order valence-corrected chi connectivity index (χ3v) is 7.74. The van der Waals surface area contributed by atoms with E-state index in [0.717, 1.165) is 24.5 Å². The lowest BCUT2D eigenvalue weighted by atomic mass is 9.78. The number of hydrogen-bond donors (Lipinski definition) is 1. The maximum Gasteiger partial charge on any atom is 0.0783 e. The zero-order valence-corrected chi connectivity index (χ0v) is 14.4. The molecule has 0 aromatic carbocycles. The van der Waals surface area contributed by atoms with Gasteiger partial charge in [0.25, 0.3) is 0 Å². The number of ether oxygens (including phenoxy) is 1. The number of nitrogens with one attached hydrogen (secondary N) is 1. The first-order valence-electron chi connectivity index (χ1n) is 8.28. The third kappa shape index (κ3) is 3.68. The predicted octanol–water partition coefficient (Wildman–Crippen LogP) is 3.41. The molecule has 1 N–H and O–H groups in total. The van der Waals surface area contributed by atoms with Crippen molar-refractivity contribution in [3.63, 3.8) is 0 Å². The van der Waals surface area contributed by atoms with E-state index in [1.807, 2.05) is 0 Å². The summed E-state index contributed by atoms with van der Waals surface area (Å²) in [7, 11) is 2.17. The second-order valence-electron chi connectivity index (χ2n) is 6.77. The van der Waals surface area contributed by atoms with Crippen LogP contribution in [0.2, 0.25) is 0 Å². The van der Waals surface area contributed by atoms with Gasteiger partial charge in [-0.2, -0.15) is 23.5 Å². The van der Waals surface area contributed by atoms with E-state index >= 15 is 0 Å². The summed E-state index contributed by atoms with van der Waals surface area (Å²) in [5.74, 6) is 7.11. The van der Waals surface area contributed by atoms with Gasteiger partial charge in [0.05, 0.1) is 5.60 Å². The molecule has 3 aliphatic rings. The molecule has 0 bridgehead atoms. The standard InChI is InChI=1S/C16H29NOS2/c1-17-15(10-13-3-7-19-8-4-13)14-2-6-18-16(11-14)5-9-20-12-16/h13-15,17H,2-12H2,1H3. The normalized spacial score (nSPS) is 37.4. The molecule has 3 aliphatic heterocycles. The average Bonchev–Trinajstić information content (AvgIpc) is 2.93. The summed E-state index contributed by atoms with van der Waals surface area (Å²) in [6, 6.07) is 0.717. The van der Waals surface area contributed by atoms with Gasteiger partial charge < -0.3 is 10.1 Å². The fraction of sp³-hybridized carbons (Fsp3) is 1.00. The van der Waals surface area contributed by atoms with Gasteiger partial charge in [0, 0.05) is 18.4 Å². The Labute approximate surface area is 132 Å². The van der Waals surface area contributed by atoms with E-state index in [0.29, 0.717) is 0 Å². The summed E-state index contributed by atoms with van der Waals surface area (Å²) in [4.78, 5) is 0. The van der Waals surface area contributed by atoms with Crippen LogP contribution in [0, 0.1) is 11.8 Å². The molecule has 3 atom stereocenters. The lowest BCUT2D eigenvalue weighted by molar-refractivity contribution is -0.0859. The Morgan fingerprint density at radius 2 is 2.05 bits per heavy atom. The third-order valence-electron chi connectivity index (χ3n) is 5.47. The van der Waals surface area contributed by atoms with Gasteiger partial charge in [0.1, 0.15) is 0 Å². The summed E-state index contributed by atoms with van der Waals surface area (Å²) in [6.07, 6.45) is 8.11. The molecular formula is C16H29NOS2. The van der Waals surface area contributed by atoms with Crippen molar-refractivity contribution in [1.82, 2.24) is 5.32 Å². The molecule has 116 valence electrons. The van der Waals surface area contributed by atoms with Gasteiger partial charge in [-0.05, 0) is 74.7 Å². The highest BCUT2D eigenvalue weighted by Gasteiger charge is 2.42. The molecule has 3 fully saturated rings. The molecule has 0 aromatic rings. The van der Waals surface area contributed by atoms with E-state index in [4.69, 9.17) is 4.74 Å². The first kappa shape index (κ1) is 15.5. The van der Waals surface area contributed by atoms with Crippen LogP contribution >= 0.6 is 23.5 Å². The zero-order valence-electron chi connectivity index (χ0n) is 12.7. The summed E-state index contributed by atoms with van der Waals surface area (Å²) in [5.41, 5.74) is 0.241. The lowest BCUT2D eigenvalue weighted by Crippen LogP contribution is -2.47. The largest absolute Gasteiger partial charge is 0.374 e. The van der Waals surface area contributed by atoms with Crippen LogP contribution in [0.4, 0.5) is 0 Å². The molecule has 4 heteroatoms. The Kier molecular flexibility index (Phi) is 5.63. The molecule has 3 saturated heterocycles. The van der Waals surface area contributed by atoms with Gasteiger partial charge in [-0.1, -0.05) is 0 Å². The van der Waals surface area contributed by atoms with Crippen LogP contribution in [0.15, 0.2) is 0 Å². The minimum absolute atomic E-state index is 0.241. The van der Waals surface area contributed by atoms with Gasteiger partial charge in [-0.25, -0.2) is 0 Å². The molecule has 0 aliphatic carbocycles. The molecule has 1 spiro atoms.